The van der Waals surface area contributed by atoms with Gasteiger partial charge in [-0.3, -0.25) is 0 Å². The van der Waals surface area contributed by atoms with Crippen LogP contribution in [0.25, 0.3) is 10.8 Å². The zero-order valence-corrected chi connectivity index (χ0v) is 7.36. The molecule has 2 rings (SSSR count). The monoisotopic (exact) mass is 190 g/mol. The molecule has 0 fully saturated rings. The number of anilines is 2. The van der Waals surface area contributed by atoms with Gasteiger partial charge in [0.05, 0.1) is 11.4 Å². The molecule has 2 aromatic rings. The van der Waals surface area contributed by atoms with E-state index in [-0.39, 0.29) is 22.9 Å². The molecule has 0 aliphatic rings. The predicted octanol–water partition coefficient (Wildman–Crippen LogP) is 1.42. The smallest absolute Gasteiger partial charge is 0.139 e. The number of phenols is 2. The summed E-state index contributed by atoms with van der Waals surface area (Å²) in [6.07, 6.45) is 0. The molecule has 2 aromatic carbocycles. The molecule has 0 amide bonds. The molecule has 14 heavy (non-hydrogen) atoms. The van der Waals surface area contributed by atoms with Gasteiger partial charge >= 0.3 is 0 Å². The molecule has 4 nitrogen and oxygen atoms in total. The van der Waals surface area contributed by atoms with Crippen molar-refractivity contribution in [2.45, 2.75) is 0 Å². The number of hydrogen-bond acceptors (Lipinski definition) is 4. The molecule has 0 bridgehead atoms. The lowest BCUT2D eigenvalue weighted by atomic mass is 10.1. The predicted molar refractivity (Wildman–Crippen MR) is 56.1 cm³/mol. The Bertz CT molecular complexity index is 462. The summed E-state index contributed by atoms with van der Waals surface area (Å²) in [5, 5.41) is 20.0. The van der Waals surface area contributed by atoms with Crippen LogP contribution >= 0.6 is 0 Å². The molecule has 72 valence electrons. The van der Waals surface area contributed by atoms with Crippen molar-refractivity contribution < 1.29 is 10.2 Å². The first kappa shape index (κ1) is 8.50. The van der Waals surface area contributed by atoms with Gasteiger partial charge < -0.3 is 21.7 Å². The normalized spacial score (nSPS) is 10.6. The highest BCUT2D eigenvalue weighted by Gasteiger charge is 2.07. The van der Waals surface area contributed by atoms with Crippen molar-refractivity contribution in [1.82, 2.24) is 0 Å². The van der Waals surface area contributed by atoms with Gasteiger partial charge in [0.15, 0.2) is 0 Å². The molecular formula is C10H10N2O2. The van der Waals surface area contributed by atoms with Crippen LogP contribution in [0, 0.1) is 0 Å². The zero-order chi connectivity index (χ0) is 10.3. The van der Waals surface area contributed by atoms with E-state index in [4.69, 9.17) is 11.5 Å². The fourth-order valence-corrected chi connectivity index (χ4v) is 1.43. The lowest BCUT2D eigenvalue weighted by molar-refractivity contribution is 0.477. The second-order valence-electron chi connectivity index (χ2n) is 3.09. The Morgan fingerprint density at radius 3 is 1.43 bits per heavy atom. The second-order valence-corrected chi connectivity index (χ2v) is 3.09. The van der Waals surface area contributed by atoms with Gasteiger partial charge in [0, 0.05) is 10.8 Å². The molecule has 0 aliphatic carbocycles. The van der Waals surface area contributed by atoms with Crippen LogP contribution in [-0.2, 0) is 0 Å². The number of rotatable bonds is 0. The Morgan fingerprint density at radius 2 is 1.07 bits per heavy atom. The summed E-state index contributed by atoms with van der Waals surface area (Å²) >= 11 is 0. The van der Waals surface area contributed by atoms with E-state index in [9.17, 15) is 10.2 Å². The minimum absolute atomic E-state index is 0.0163. The summed E-state index contributed by atoms with van der Waals surface area (Å²) in [5.74, 6) is 0.0326. The van der Waals surface area contributed by atoms with Crippen molar-refractivity contribution >= 4 is 22.1 Å². The van der Waals surface area contributed by atoms with Crippen LogP contribution in [0.4, 0.5) is 11.4 Å². The molecule has 0 saturated carbocycles. The van der Waals surface area contributed by atoms with E-state index in [0.717, 1.165) is 0 Å². The van der Waals surface area contributed by atoms with Gasteiger partial charge in [-0.1, -0.05) is 0 Å². The van der Waals surface area contributed by atoms with Crippen LogP contribution in [0.2, 0.25) is 0 Å². The maximum atomic E-state index is 9.35. The van der Waals surface area contributed by atoms with E-state index in [0.29, 0.717) is 10.8 Å². The number of nitrogens with two attached hydrogens (primary N) is 2. The fraction of sp³-hybridized carbons (Fsp3) is 0. The Labute approximate surface area is 80.4 Å². The standard InChI is InChI=1S/C10H10N2O2/c11-9-5-1-3-7(13)10(12)6(5)2-4-8(9)14/h1-4,13-14H,11-12H2. The number of nitrogen functional groups attached to an aromatic ring is 2. The Kier molecular flexibility index (Phi) is 1.64. The highest BCUT2D eigenvalue weighted by atomic mass is 16.3. The number of phenolic OH excluding ortho intramolecular Hbond substituents is 2. The largest absolute Gasteiger partial charge is 0.506 e. The summed E-state index contributed by atoms with van der Waals surface area (Å²) < 4.78 is 0. The highest BCUT2D eigenvalue weighted by molar-refractivity contribution is 6.03. The van der Waals surface area contributed by atoms with Gasteiger partial charge in [0.2, 0.25) is 0 Å². The maximum Gasteiger partial charge on any atom is 0.139 e. The lowest BCUT2D eigenvalue weighted by Crippen LogP contribution is -1.92. The average Bonchev–Trinajstić information content (AvgIpc) is 2.17. The van der Waals surface area contributed by atoms with Gasteiger partial charge in [-0.15, -0.1) is 0 Å². The van der Waals surface area contributed by atoms with Crippen molar-refractivity contribution in [3.8, 4) is 11.5 Å². The molecule has 0 radical (unpaired) electrons. The maximum absolute atomic E-state index is 9.35. The Hall–Kier alpha value is -2.10. The summed E-state index contributed by atoms with van der Waals surface area (Å²) in [5.41, 5.74) is 11.8. The molecule has 0 atom stereocenters. The van der Waals surface area contributed by atoms with E-state index in [1.165, 1.54) is 12.1 Å². The molecule has 0 heterocycles. The van der Waals surface area contributed by atoms with Gasteiger partial charge in [-0.25, -0.2) is 0 Å². The molecule has 0 saturated heterocycles. The molecular weight excluding hydrogens is 180 g/mol. The molecule has 4 heteroatoms. The molecule has 0 aliphatic heterocycles. The van der Waals surface area contributed by atoms with Gasteiger partial charge in [-0.2, -0.15) is 0 Å². The quantitative estimate of drug-likeness (QED) is 0.373. The third-order valence-electron chi connectivity index (χ3n) is 2.24. The van der Waals surface area contributed by atoms with E-state index in [2.05, 4.69) is 0 Å². The van der Waals surface area contributed by atoms with Crippen LogP contribution in [0.15, 0.2) is 24.3 Å². The molecule has 0 aromatic heterocycles. The van der Waals surface area contributed by atoms with Crippen molar-refractivity contribution in [2.75, 3.05) is 11.5 Å². The van der Waals surface area contributed by atoms with E-state index in [1.807, 2.05) is 0 Å². The summed E-state index contributed by atoms with van der Waals surface area (Å²) in [7, 11) is 0. The van der Waals surface area contributed by atoms with Crippen LogP contribution in [0.1, 0.15) is 0 Å². The average molecular weight is 190 g/mol. The minimum Gasteiger partial charge on any atom is -0.506 e. The third kappa shape index (κ3) is 1.01. The third-order valence-corrected chi connectivity index (χ3v) is 2.24. The van der Waals surface area contributed by atoms with E-state index in [1.54, 1.807) is 12.1 Å². The molecule has 6 N–H and O–H groups in total. The minimum atomic E-state index is 0.0163. The van der Waals surface area contributed by atoms with Crippen LogP contribution in [0.3, 0.4) is 0 Å². The molecule has 0 unspecified atom stereocenters. The first-order valence-electron chi connectivity index (χ1n) is 4.10. The van der Waals surface area contributed by atoms with Crippen LogP contribution < -0.4 is 11.5 Å². The summed E-state index contributed by atoms with van der Waals surface area (Å²) in [6.45, 7) is 0. The number of aromatic hydroxyl groups is 2. The number of fused-ring (bicyclic) bond motifs is 1. The second kappa shape index (κ2) is 2.70. The number of benzene rings is 2. The SMILES string of the molecule is Nc1c(O)ccc2c(N)c(O)ccc12. The first-order chi connectivity index (χ1) is 6.61. The van der Waals surface area contributed by atoms with Crippen molar-refractivity contribution in [2.24, 2.45) is 0 Å². The number of hydrogen-bond donors (Lipinski definition) is 4. The van der Waals surface area contributed by atoms with Gasteiger partial charge in [-0.05, 0) is 24.3 Å². The topological polar surface area (TPSA) is 92.5 Å². The van der Waals surface area contributed by atoms with Crippen LogP contribution in [0.5, 0.6) is 11.5 Å². The first-order valence-corrected chi connectivity index (χ1v) is 4.10. The highest BCUT2D eigenvalue weighted by Crippen LogP contribution is 2.36. The van der Waals surface area contributed by atoms with Gasteiger partial charge in [0.25, 0.3) is 0 Å². The van der Waals surface area contributed by atoms with Crippen molar-refractivity contribution in [1.29, 1.82) is 0 Å². The summed E-state index contributed by atoms with van der Waals surface area (Å²) in [6, 6.07) is 6.15. The zero-order valence-electron chi connectivity index (χ0n) is 7.36. The fourth-order valence-electron chi connectivity index (χ4n) is 1.43. The van der Waals surface area contributed by atoms with Crippen molar-refractivity contribution in [3.05, 3.63) is 24.3 Å². The van der Waals surface area contributed by atoms with Crippen LogP contribution in [-0.4, -0.2) is 10.2 Å². The Morgan fingerprint density at radius 1 is 0.714 bits per heavy atom. The van der Waals surface area contributed by atoms with E-state index < -0.39 is 0 Å². The van der Waals surface area contributed by atoms with E-state index >= 15 is 0 Å². The van der Waals surface area contributed by atoms with Crippen molar-refractivity contribution in [3.63, 3.8) is 0 Å². The molecule has 0 spiro atoms. The Balaban J connectivity index is 2.94. The lowest BCUT2D eigenvalue weighted by Gasteiger charge is -2.07. The van der Waals surface area contributed by atoms with Gasteiger partial charge in [0.1, 0.15) is 11.5 Å². The summed E-state index contributed by atoms with van der Waals surface area (Å²) in [4.78, 5) is 0.